The van der Waals surface area contributed by atoms with Gasteiger partial charge >= 0.3 is 0 Å². The number of furan rings is 1. The summed E-state index contributed by atoms with van der Waals surface area (Å²) in [4.78, 5) is 15.0. The molecule has 3 rings (SSSR count). The van der Waals surface area contributed by atoms with E-state index in [0.717, 1.165) is 25.3 Å². The Kier molecular flexibility index (Phi) is 6.26. The van der Waals surface area contributed by atoms with Crippen molar-refractivity contribution in [3.05, 3.63) is 46.9 Å². The number of carbonyl (C=O) groups excluding carboxylic acids is 1. The predicted molar refractivity (Wildman–Crippen MR) is 103 cm³/mol. The number of hydrogen-bond donors (Lipinski definition) is 2. The second kappa shape index (κ2) is 8.65. The van der Waals surface area contributed by atoms with E-state index in [4.69, 9.17) is 31.2 Å². The van der Waals surface area contributed by atoms with Crippen LogP contribution < -0.4 is 15.8 Å². The number of nitrogen functional groups attached to an aromatic ring is 1. The Balaban J connectivity index is 1.66. The third-order valence-corrected chi connectivity index (χ3v) is 5.11. The van der Waals surface area contributed by atoms with Crippen molar-refractivity contribution in [1.29, 1.82) is 0 Å². The fraction of sp³-hybridized carbons (Fsp3) is 0.421. The zero-order valence-corrected chi connectivity index (χ0v) is 16.2. The first kappa shape index (κ1) is 19.5. The first-order valence-corrected chi connectivity index (χ1v) is 9.11. The number of amides is 1. The van der Waals surface area contributed by atoms with Crippen LogP contribution in [0.2, 0.25) is 5.02 Å². The Morgan fingerprint density at radius 3 is 2.93 bits per heavy atom. The largest absolute Gasteiger partial charge is 0.496 e. The lowest BCUT2D eigenvalue weighted by atomic mass is 10.0. The number of rotatable bonds is 6. The van der Waals surface area contributed by atoms with E-state index in [1.807, 2.05) is 12.1 Å². The summed E-state index contributed by atoms with van der Waals surface area (Å²) < 4.78 is 16.3. The van der Waals surface area contributed by atoms with Gasteiger partial charge in [0, 0.05) is 26.3 Å². The van der Waals surface area contributed by atoms with Gasteiger partial charge in [0.15, 0.2) is 0 Å². The number of halogens is 1. The number of anilines is 1. The van der Waals surface area contributed by atoms with E-state index in [1.165, 1.54) is 13.2 Å². The molecule has 2 atom stereocenters. The van der Waals surface area contributed by atoms with E-state index in [1.54, 1.807) is 19.4 Å². The monoisotopic (exact) mass is 393 g/mol. The molecule has 1 aromatic carbocycles. The number of nitrogens with two attached hydrogens (primary N) is 1. The molecular weight excluding hydrogens is 370 g/mol. The van der Waals surface area contributed by atoms with Gasteiger partial charge in [-0.3, -0.25) is 9.69 Å². The molecule has 1 amide bonds. The number of piperidine rings is 1. The van der Waals surface area contributed by atoms with Crippen molar-refractivity contribution in [3.63, 3.8) is 0 Å². The number of likely N-dealkylation sites (tertiary alicyclic amines) is 1. The summed E-state index contributed by atoms with van der Waals surface area (Å²) >= 11 is 6.07. The van der Waals surface area contributed by atoms with Crippen molar-refractivity contribution in [1.82, 2.24) is 10.2 Å². The van der Waals surface area contributed by atoms with Crippen molar-refractivity contribution in [2.24, 2.45) is 0 Å². The lowest BCUT2D eigenvalue weighted by Crippen LogP contribution is -2.54. The molecule has 8 heteroatoms. The molecule has 0 spiro atoms. The van der Waals surface area contributed by atoms with Crippen molar-refractivity contribution in [2.75, 3.05) is 33.0 Å². The summed E-state index contributed by atoms with van der Waals surface area (Å²) in [7, 11) is 3.14. The van der Waals surface area contributed by atoms with Gasteiger partial charge in [0.05, 0.1) is 48.3 Å². The maximum Gasteiger partial charge on any atom is 0.255 e. The summed E-state index contributed by atoms with van der Waals surface area (Å²) in [6.07, 6.45) is 2.30. The molecule has 1 aliphatic rings. The van der Waals surface area contributed by atoms with Crippen LogP contribution in [-0.4, -0.2) is 50.3 Å². The molecule has 7 nitrogen and oxygen atoms in total. The second-order valence-corrected chi connectivity index (χ2v) is 6.94. The van der Waals surface area contributed by atoms with E-state index in [9.17, 15) is 4.79 Å². The van der Waals surface area contributed by atoms with Crippen LogP contribution in [0.3, 0.4) is 0 Å². The number of benzene rings is 1. The zero-order valence-electron chi connectivity index (χ0n) is 15.4. The fourth-order valence-electron chi connectivity index (χ4n) is 3.31. The number of carbonyl (C=O) groups is 1. The number of methoxy groups -OCH3 is 2. The van der Waals surface area contributed by atoms with Crippen LogP contribution in [0.4, 0.5) is 5.69 Å². The number of nitrogens with zero attached hydrogens (tertiary/aromatic N) is 1. The molecule has 2 heterocycles. The van der Waals surface area contributed by atoms with Gasteiger partial charge < -0.3 is 24.9 Å². The molecule has 0 aliphatic carbocycles. The molecule has 0 saturated carbocycles. The molecule has 27 heavy (non-hydrogen) atoms. The minimum absolute atomic E-state index is 0.114. The van der Waals surface area contributed by atoms with E-state index in [2.05, 4.69) is 10.2 Å². The molecule has 0 bridgehead atoms. The van der Waals surface area contributed by atoms with Gasteiger partial charge in [0.2, 0.25) is 0 Å². The molecule has 1 aromatic heterocycles. The van der Waals surface area contributed by atoms with Crippen LogP contribution >= 0.6 is 11.6 Å². The first-order chi connectivity index (χ1) is 13.0. The number of hydrogen-bond acceptors (Lipinski definition) is 6. The summed E-state index contributed by atoms with van der Waals surface area (Å²) in [6, 6.07) is 6.79. The van der Waals surface area contributed by atoms with Crippen LogP contribution in [-0.2, 0) is 11.3 Å². The molecule has 1 fully saturated rings. The summed E-state index contributed by atoms with van der Waals surface area (Å²) in [5.41, 5.74) is 6.51. The van der Waals surface area contributed by atoms with E-state index in [0.29, 0.717) is 28.6 Å². The number of nitrogens with one attached hydrogen (secondary N) is 1. The van der Waals surface area contributed by atoms with Gasteiger partial charge in [-0.05, 0) is 24.6 Å². The lowest BCUT2D eigenvalue weighted by Gasteiger charge is -2.37. The normalized spacial score (nSPS) is 20.4. The first-order valence-electron chi connectivity index (χ1n) is 8.73. The van der Waals surface area contributed by atoms with Crippen molar-refractivity contribution in [3.8, 4) is 5.75 Å². The van der Waals surface area contributed by atoms with E-state index in [-0.39, 0.29) is 18.1 Å². The third kappa shape index (κ3) is 4.55. The summed E-state index contributed by atoms with van der Waals surface area (Å²) in [6.45, 7) is 2.24. The van der Waals surface area contributed by atoms with Crippen LogP contribution in [0.1, 0.15) is 22.5 Å². The maximum atomic E-state index is 12.8. The minimum atomic E-state index is -0.264. The van der Waals surface area contributed by atoms with Gasteiger partial charge in [0.25, 0.3) is 5.91 Å². The molecule has 146 valence electrons. The lowest BCUT2D eigenvalue weighted by molar-refractivity contribution is 0.00213. The molecule has 1 saturated heterocycles. The summed E-state index contributed by atoms with van der Waals surface area (Å²) in [5.74, 6) is 1.03. The standard InChI is InChI=1S/C19H24ClN3O4/c1-25-17-9-15(21)14(20)8-13(17)19(24)22-16-5-6-23(11-18(16)26-2)10-12-4-3-7-27-12/h3-4,7-9,16,18H,5-6,10-11,21H2,1-2H3,(H,22,24)/t16-,18+/m1/s1. The van der Waals surface area contributed by atoms with Gasteiger partial charge in [-0.15, -0.1) is 0 Å². The molecule has 3 N–H and O–H groups in total. The van der Waals surface area contributed by atoms with Crippen molar-refractivity contribution < 1.29 is 18.7 Å². The Morgan fingerprint density at radius 1 is 1.44 bits per heavy atom. The van der Waals surface area contributed by atoms with E-state index < -0.39 is 0 Å². The Labute approximate surface area is 163 Å². The Bertz CT molecular complexity index is 782. The van der Waals surface area contributed by atoms with Crippen molar-refractivity contribution in [2.45, 2.75) is 25.1 Å². The topological polar surface area (TPSA) is 90.0 Å². The van der Waals surface area contributed by atoms with E-state index >= 15 is 0 Å². The number of ether oxygens (including phenoxy) is 2. The van der Waals surface area contributed by atoms with Crippen LogP contribution in [0.5, 0.6) is 5.75 Å². The quantitative estimate of drug-likeness (QED) is 0.733. The van der Waals surface area contributed by atoms with Crippen LogP contribution in [0.15, 0.2) is 34.9 Å². The highest BCUT2D eigenvalue weighted by Gasteiger charge is 2.31. The highest BCUT2D eigenvalue weighted by molar-refractivity contribution is 6.33. The molecule has 0 radical (unpaired) electrons. The van der Waals surface area contributed by atoms with Gasteiger partial charge in [0.1, 0.15) is 11.5 Å². The van der Waals surface area contributed by atoms with Crippen LogP contribution in [0, 0.1) is 0 Å². The molecular formula is C19H24ClN3O4. The molecule has 1 aliphatic heterocycles. The van der Waals surface area contributed by atoms with Gasteiger partial charge in [-0.2, -0.15) is 0 Å². The van der Waals surface area contributed by atoms with Crippen LogP contribution in [0.25, 0.3) is 0 Å². The minimum Gasteiger partial charge on any atom is -0.496 e. The zero-order chi connectivity index (χ0) is 19.4. The van der Waals surface area contributed by atoms with Gasteiger partial charge in [-0.1, -0.05) is 11.6 Å². The smallest absolute Gasteiger partial charge is 0.255 e. The highest BCUT2D eigenvalue weighted by Crippen LogP contribution is 2.29. The molecule has 0 unspecified atom stereocenters. The molecule has 2 aromatic rings. The van der Waals surface area contributed by atoms with Crippen molar-refractivity contribution >= 4 is 23.2 Å². The average Bonchev–Trinajstić information content (AvgIpc) is 3.17. The fourth-order valence-corrected chi connectivity index (χ4v) is 3.48. The average molecular weight is 394 g/mol. The second-order valence-electron chi connectivity index (χ2n) is 6.53. The van der Waals surface area contributed by atoms with Gasteiger partial charge in [-0.25, -0.2) is 0 Å². The maximum absolute atomic E-state index is 12.8. The Morgan fingerprint density at radius 2 is 2.26 bits per heavy atom. The highest BCUT2D eigenvalue weighted by atomic mass is 35.5. The third-order valence-electron chi connectivity index (χ3n) is 4.79. The predicted octanol–water partition coefficient (Wildman–Crippen LogP) is 2.54. The summed E-state index contributed by atoms with van der Waals surface area (Å²) in [5, 5.41) is 3.36. The SMILES string of the molecule is COc1cc(N)c(Cl)cc1C(=O)N[C@@H]1CCN(Cc2ccco2)C[C@@H]1OC. The Hall–Kier alpha value is -2.22.